The van der Waals surface area contributed by atoms with Crippen molar-refractivity contribution in [3.63, 3.8) is 0 Å². The summed E-state index contributed by atoms with van der Waals surface area (Å²) >= 11 is 0. The maximum atomic E-state index is 4.27. The van der Waals surface area contributed by atoms with Gasteiger partial charge in [-0.05, 0) is 12.8 Å². The minimum atomic E-state index is 0. The van der Waals surface area contributed by atoms with E-state index < -0.39 is 0 Å². The van der Waals surface area contributed by atoms with Gasteiger partial charge in [-0.2, -0.15) is 0 Å². The summed E-state index contributed by atoms with van der Waals surface area (Å²) in [6.07, 6.45) is 10.00. The number of nitrogens with one attached hydrogen (secondary N) is 1. The van der Waals surface area contributed by atoms with Gasteiger partial charge in [-0.1, -0.05) is 11.5 Å². The fourth-order valence-corrected chi connectivity index (χ4v) is 1.60. The molecule has 2 heterocycles. The molecule has 0 saturated carbocycles. The zero-order valence-electron chi connectivity index (χ0n) is 7.04. The molecule has 0 aromatic heterocycles. The van der Waals surface area contributed by atoms with Gasteiger partial charge in [0, 0.05) is 6.08 Å². The SMILES string of the molecule is C1=C[NH+](N2CCCCC2)N=C1.[I-]. The number of allylic oxidation sites excluding steroid dienone is 1. The fourth-order valence-electron chi connectivity index (χ4n) is 1.60. The Bertz CT molecular complexity index is 173. The number of hydrogen-bond acceptors (Lipinski definition) is 2. The maximum Gasteiger partial charge on any atom is 0.142 e. The Hall–Kier alpha value is 0.0600. The van der Waals surface area contributed by atoms with E-state index in [4.69, 9.17) is 0 Å². The second kappa shape index (κ2) is 4.94. The highest BCUT2D eigenvalue weighted by Crippen LogP contribution is 2.04. The lowest BCUT2D eigenvalue weighted by Gasteiger charge is -2.25. The van der Waals surface area contributed by atoms with E-state index in [1.54, 1.807) is 0 Å². The molecule has 2 rings (SSSR count). The molecular formula is C8H14IN3. The Labute approximate surface area is 90.1 Å². The highest BCUT2D eigenvalue weighted by atomic mass is 127. The van der Waals surface area contributed by atoms with Crippen LogP contribution in [-0.4, -0.2) is 24.3 Å². The second-order valence-corrected chi connectivity index (χ2v) is 3.04. The van der Waals surface area contributed by atoms with Crippen molar-refractivity contribution in [3.8, 4) is 0 Å². The standard InChI is InChI=1S/C8H13N3.HI/c1-2-6-10(7-3-1)11-8-4-5-9-11;/h4-5,8H,1-3,6-7H2;1H. The number of hydrogen-bond donors (Lipinski definition) is 1. The monoisotopic (exact) mass is 279 g/mol. The van der Waals surface area contributed by atoms with Gasteiger partial charge in [0.1, 0.15) is 6.20 Å². The van der Waals surface area contributed by atoms with E-state index >= 15 is 0 Å². The summed E-state index contributed by atoms with van der Waals surface area (Å²) in [6.45, 7) is 2.38. The predicted molar refractivity (Wildman–Crippen MR) is 44.0 cm³/mol. The smallest absolute Gasteiger partial charge is 0.142 e. The van der Waals surface area contributed by atoms with Crippen LogP contribution in [-0.2, 0) is 0 Å². The maximum absolute atomic E-state index is 4.27. The summed E-state index contributed by atoms with van der Waals surface area (Å²) in [5.41, 5.74) is 0. The highest BCUT2D eigenvalue weighted by Gasteiger charge is 2.20. The normalized spacial score (nSPS) is 28.8. The van der Waals surface area contributed by atoms with Crippen LogP contribution in [0, 0.1) is 0 Å². The molecule has 0 aromatic rings. The van der Waals surface area contributed by atoms with Crippen LogP contribution in [0.2, 0.25) is 0 Å². The lowest BCUT2D eigenvalue weighted by molar-refractivity contribution is -0.976. The molecule has 1 atom stereocenters. The van der Waals surface area contributed by atoms with Gasteiger partial charge in [0.25, 0.3) is 0 Å². The molecule has 0 radical (unpaired) electrons. The van der Waals surface area contributed by atoms with Crippen LogP contribution < -0.4 is 29.1 Å². The summed E-state index contributed by atoms with van der Waals surface area (Å²) in [6, 6.07) is 0. The van der Waals surface area contributed by atoms with Crippen LogP contribution in [0.5, 0.6) is 0 Å². The van der Waals surface area contributed by atoms with Crippen LogP contribution in [0.25, 0.3) is 0 Å². The van der Waals surface area contributed by atoms with Crippen LogP contribution in [0.4, 0.5) is 0 Å². The third kappa shape index (κ3) is 2.27. The second-order valence-electron chi connectivity index (χ2n) is 3.04. The molecule has 0 aromatic carbocycles. The molecule has 12 heavy (non-hydrogen) atoms. The van der Waals surface area contributed by atoms with Crippen molar-refractivity contribution < 1.29 is 29.1 Å². The number of rotatable bonds is 1. The molecule has 1 N–H and O–H groups in total. The van der Waals surface area contributed by atoms with E-state index in [0.717, 1.165) is 5.12 Å². The Kier molecular flexibility index (Phi) is 4.17. The van der Waals surface area contributed by atoms with Crippen molar-refractivity contribution >= 4 is 6.21 Å². The molecule has 68 valence electrons. The first-order chi connectivity index (χ1) is 5.47. The van der Waals surface area contributed by atoms with Gasteiger partial charge in [-0.25, -0.2) is 0 Å². The number of quaternary nitrogens is 1. The quantitative estimate of drug-likeness (QED) is 0.501. The fraction of sp³-hybridized carbons (Fsp3) is 0.625. The summed E-state index contributed by atoms with van der Waals surface area (Å²) in [5.74, 6) is 0. The molecule has 4 heteroatoms. The van der Waals surface area contributed by atoms with Crippen LogP contribution in [0.3, 0.4) is 0 Å². The molecule has 3 nitrogen and oxygen atoms in total. The van der Waals surface area contributed by atoms with E-state index in [1.807, 2.05) is 12.3 Å². The van der Waals surface area contributed by atoms with Gasteiger partial charge in [0.15, 0.2) is 0 Å². The van der Waals surface area contributed by atoms with Crippen molar-refractivity contribution in [2.24, 2.45) is 5.10 Å². The van der Waals surface area contributed by atoms with Crippen molar-refractivity contribution in [3.05, 3.63) is 12.3 Å². The first-order valence-corrected chi connectivity index (χ1v) is 4.29. The van der Waals surface area contributed by atoms with E-state index in [-0.39, 0.29) is 24.0 Å². The van der Waals surface area contributed by atoms with Crippen molar-refractivity contribution in [2.75, 3.05) is 13.1 Å². The molecule has 0 bridgehead atoms. The average molecular weight is 279 g/mol. The van der Waals surface area contributed by atoms with E-state index in [9.17, 15) is 0 Å². The Morgan fingerprint density at radius 3 is 2.50 bits per heavy atom. The molecule has 0 spiro atoms. The molecule has 0 aliphatic carbocycles. The third-order valence-corrected chi connectivity index (χ3v) is 2.22. The number of halogens is 1. The van der Waals surface area contributed by atoms with Gasteiger partial charge in [-0.15, -0.1) is 10.1 Å². The van der Waals surface area contributed by atoms with Gasteiger partial charge in [-0.3, -0.25) is 0 Å². The summed E-state index contributed by atoms with van der Waals surface area (Å²) in [5, 5.41) is 7.79. The van der Waals surface area contributed by atoms with Crippen LogP contribution in [0.1, 0.15) is 19.3 Å². The van der Waals surface area contributed by atoms with Crippen LogP contribution >= 0.6 is 0 Å². The molecule has 1 unspecified atom stereocenters. The summed E-state index contributed by atoms with van der Waals surface area (Å²) < 4.78 is 0. The summed E-state index contributed by atoms with van der Waals surface area (Å²) in [7, 11) is 0. The van der Waals surface area contributed by atoms with Crippen LogP contribution in [0.15, 0.2) is 17.4 Å². The minimum absolute atomic E-state index is 0. The molecule has 2 aliphatic heterocycles. The Balaban J connectivity index is 0.000000720. The van der Waals surface area contributed by atoms with E-state index in [2.05, 4.69) is 16.3 Å². The molecule has 1 saturated heterocycles. The van der Waals surface area contributed by atoms with Gasteiger partial charge in [0.2, 0.25) is 0 Å². The van der Waals surface area contributed by atoms with Crippen molar-refractivity contribution in [1.82, 2.24) is 5.01 Å². The lowest BCUT2D eigenvalue weighted by Crippen LogP contribution is -3.09. The number of piperidine rings is 1. The first-order valence-electron chi connectivity index (χ1n) is 4.29. The molecule has 2 aliphatic rings. The van der Waals surface area contributed by atoms with Gasteiger partial charge < -0.3 is 24.0 Å². The Morgan fingerprint density at radius 2 is 1.92 bits per heavy atom. The largest absolute Gasteiger partial charge is 1.00 e. The minimum Gasteiger partial charge on any atom is -1.00 e. The third-order valence-electron chi connectivity index (χ3n) is 2.22. The Morgan fingerprint density at radius 1 is 1.17 bits per heavy atom. The number of nitrogens with zero attached hydrogens (tertiary/aromatic N) is 2. The lowest BCUT2D eigenvalue weighted by atomic mass is 10.2. The van der Waals surface area contributed by atoms with E-state index in [0.29, 0.717) is 0 Å². The predicted octanol–water partition coefficient (Wildman–Crippen LogP) is -3.21. The molecule has 1 fully saturated rings. The highest BCUT2D eigenvalue weighted by molar-refractivity contribution is 5.70. The topological polar surface area (TPSA) is 20.0 Å². The van der Waals surface area contributed by atoms with Gasteiger partial charge >= 0.3 is 0 Å². The van der Waals surface area contributed by atoms with Crippen molar-refractivity contribution in [2.45, 2.75) is 19.3 Å². The summed E-state index contributed by atoms with van der Waals surface area (Å²) in [4.78, 5) is 0. The average Bonchev–Trinajstić information content (AvgIpc) is 2.58. The zero-order valence-corrected chi connectivity index (χ0v) is 9.20. The van der Waals surface area contributed by atoms with Gasteiger partial charge in [0.05, 0.1) is 19.3 Å². The van der Waals surface area contributed by atoms with E-state index in [1.165, 1.54) is 32.4 Å². The first kappa shape index (κ1) is 10.1. The zero-order chi connectivity index (χ0) is 7.52. The molecule has 0 amide bonds. The molecular weight excluding hydrogens is 265 g/mol. The van der Waals surface area contributed by atoms with Crippen molar-refractivity contribution in [1.29, 1.82) is 0 Å².